The summed E-state index contributed by atoms with van der Waals surface area (Å²) in [5.41, 5.74) is 10.2. The molecule has 0 amide bonds. The van der Waals surface area contributed by atoms with Crippen LogP contribution in [0, 0.1) is 0 Å². The summed E-state index contributed by atoms with van der Waals surface area (Å²) in [6.07, 6.45) is 6.26. The molecule has 1 aliphatic carbocycles. The monoisotopic (exact) mass is 219 g/mol. The summed E-state index contributed by atoms with van der Waals surface area (Å²) in [6.45, 7) is 2.04. The minimum Gasteiger partial charge on any atom is -0.496 e. The quantitative estimate of drug-likeness (QED) is 0.776. The van der Waals surface area contributed by atoms with Crippen molar-refractivity contribution in [2.24, 2.45) is 5.73 Å². The van der Waals surface area contributed by atoms with Crippen LogP contribution in [0.3, 0.4) is 0 Å². The molecule has 1 atom stereocenters. The Kier molecular flexibility index (Phi) is 3.49. The van der Waals surface area contributed by atoms with Crippen LogP contribution in [-0.4, -0.2) is 7.11 Å². The minimum absolute atomic E-state index is 0.0583. The van der Waals surface area contributed by atoms with Crippen molar-refractivity contribution < 1.29 is 4.74 Å². The molecule has 0 radical (unpaired) electrons. The van der Waals surface area contributed by atoms with Crippen LogP contribution in [-0.2, 0) is 12.8 Å². The Morgan fingerprint density at radius 3 is 2.62 bits per heavy atom. The van der Waals surface area contributed by atoms with E-state index >= 15 is 0 Å². The van der Waals surface area contributed by atoms with E-state index in [1.54, 1.807) is 7.11 Å². The lowest BCUT2D eigenvalue weighted by Gasteiger charge is -2.19. The molecule has 0 aromatic heterocycles. The number of hydrogen-bond acceptors (Lipinski definition) is 2. The van der Waals surface area contributed by atoms with E-state index in [1.807, 2.05) is 6.92 Å². The fourth-order valence-electron chi connectivity index (χ4n) is 2.69. The summed E-state index contributed by atoms with van der Waals surface area (Å²) in [4.78, 5) is 0. The average Bonchev–Trinajstić information content (AvgIpc) is 2.51. The maximum absolute atomic E-state index is 6.09. The second-order valence-electron chi connectivity index (χ2n) is 4.67. The van der Waals surface area contributed by atoms with Gasteiger partial charge in [-0.2, -0.15) is 0 Å². The second-order valence-corrected chi connectivity index (χ2v) is 4.67. The van der Waals surface area contributed by atoms with Gasteiger partial charge in [0.25, 0.3) is 0 Å². The van der Waals surface area contributed by atoms with Gasteiger partial charge in [-0.05, 0) is 49.8 Å². The lowest BCUT2D eigenvalue weighted by molar-refractivity contribution is 0.405. The zero-order chi connectivity index (χ0) is 11.5. The maximum atomic E-state index is 6.09. The van der Waals surface area contributed by atoms with Gasteiger partial charge in [0, 0.05) is 11.6 Å². The van der Waals surface area contributed by atoms with E-state index < -0.39 is 0 Å². The first-order valence-electron chi connectivity index (χ1n) is 6.18. The van der Waals surface area contributed by atoms with Crippen LogP contribution in [0.2, 0.25) is 0 Å². The highest BCUT2D eigenvalue weighted by Crippen LogP contribution is 2.33. The highest BCUT2D eigenvalue weighted by Gasteiger charge is 2.18. The van der Waals surface area contributed by atoms with E-state index in [9.17, 15) is 0 Å². The minimum atomic E-state index is 0.0583. The van der Waals surface area contributed by atoms with Crippen LogP contribution in [0.25, 0.3) is 0 Å². The predicted octanol–water partition coefficient (Wildman–Crippen LogP) is 2.98. The highest BCUT2D eigenvalue weighted by atomic mass is 16.5. The third-order valence-corrected chi connectivity index (χ3v) is 3.46. The number of rotatable bonds is 2. The molecule has 2 rings (SSSR count). The third-order valence-electron chi connectivity index (χ3n) is 3.46. The topological polar surface area (TPSA) is 35.2 Å². The second kappa shape index (κ2) is 4.88. The SMILES string of the molecule is COc1ccc2c(c1C(C)N)CCCCC2. The van der Waals surface area contributed by atoms with E-state index in [1.165, 1.54) is 42.4 Å². The Balaban J connectivity index is 2.52. The van der Waals surface area contributed by atoms with Crippen molar-refractivity contribution in [1.29, 1.82) is 0 Å². The molecule has 0 bridgehead atoms. The molecule has 1 aromatic rings. The Bertz CT molecular complexity index is 371. The van der Waals surface area contributed by atoms with Crippen molar-refractivity contribution in [3.8, 4) is 5.75 Å². The van der Waals surface area contributed by atoms with E-state index in [2.05, 4.69) is 12.1 Å². The number of ether oxygens (including phenoxy) is 1. The molecular weight excluding hydrogens is 198 g/mol. The molecule has 0 aliphatic heterocycles. The van der Waals surface area contributed by atoms with Crippen molar-refractivity contribution in [2.75, 3.05) is 7.11 Å². The fourth-order valence-corrected chi connectivity index (χ4v) is 2.69. The number of nitrogens with two attached hydrogens (primary N) is 1. The molecule has 1 unspecified atom stereocenters. The van der Waals surface area contributed by atoms with Crippen molar-refractivity contribution in [3.63, 3.8) is 0 Å². The van der Waals surface area contributed by atoms with Crippen molar-refractivity contribution in [3.05, 3.63) is 28.8 Å². The van der Waals surface area contributed by atoms with E-state index in [0.29, 0.717) is 0 Å². The zero-order valence-electron chi connectivity index (χ0n) is 10.3. The molecule has 2 heteroatoms. The van der Waals surface area contributed by atoms with Crippen LogP contribution in [0.15, 0.2) is 12.1 Å². The van der Waals surface area contributed by atoms with Gasteiger partial charge in [-0.1, -0.05) is 12.5 Å². The largest absolute Gasteiger partial charge is 0.496 e. The molecule has 1 aromatic carbocycles. The fraction of sp³-hybridized carbons (Fsp3) is 0.571. The van der Waals surface area contributed by atoms with Gasteiger partial charge >= 0.3 is 0 Å². The number of benzene rings is 1. The number of methoxy groups -OCH3 is 1. The van der Waals surface area contributed by atoms with Crippen LogP contribution >= 0.6 is 0 Å². The molecule has 88 valence electrons. The van der Waals surface area contributed by atoms with Gasteiger partial charge in [-0.3, -0.25) is 0 Å². The summed E-state index contributed by atoms with van der Waals surface area (Å²) in [5.74, 6) is 0.954. The Morgan fingerprint density at radius 1 is 1.19 bits per heavy atom. The third kappa shape index (κ3) is 2.07. The summed E-state index contributed by atoms with van der Waals surface area (Å²) in [6, 6.07) is 4.34. The van der Waals surface area contributed by atoms with Crippen LogP contribution < -0.4 is 10.5 Å². The molecule has 16 heavy (non-hydrogen) atoms. The first-order valence-corrected chi connectivity index (χ1v) is 6.18. The molecule has 2 nitrogen and oxygen atoms in total. The van der Waals surface area contributed by atoms with Crippen molar-refractivity contribution in [2.45, 2.75) is 45.1 Å². The summed E-state index contributed by atoms with van der Waals surface area (Å²) < 4.78 is 5.43. The standard InChI is InChI=1S/C14H21NO/c1-10(15)14-12-7-5-3-4-6-11(12)8-9-13(14)16-2/h8-10H,3-7,15H2,1-2H3. The molecule has 2 N–H and O–H groups in total. The molecule has 0 saturated carbocycles. The highest BCUT2D eigenvalue weighted by molar-refractivity contribution is 5.47. The molecule has 0 fully saturated rings. The normalized spacial score (nSPS) is 17.4. The van der Waals surface area contributed by atoms with E-state index in [-0.39, 0.29) is 6.04 Å². The smallest absolute Gasteiger partial charge is 0.123 e. The first-order chi connectivity index (χ1) is 7.74. The van der Waals surface area contributed by atoms with Gasteiger partial charge in [0.15, 0.2) is 0 Å². The molecule has 0 heterocycles. The average molecular weight is 219 g/mol. The number of aryl methyl sites for hydroxylation is 1. The lowest BCUT2D eigenvalue weighted by atomic mass is 9.93. The lowest BCUT2D eigenvalue weighted by Crippen LogP contribution is -2.12. The molecule has 0 spiro atoms. The summed E-state index contributed by atoms with van der Waals surface area (Å²) in [7, 11) is 1.73. The van der Waals surface area contributed by atoms with E-state index in [0.717, 1.165) is 12.2 Å². The summed E-state index contributed by atoms with van der Waals surface area (Å²) >= 11 is 0. The molecule has 1 aliphatic rings. The molecule has 0 saturated heterocycles. The van der Waals surface area contributed by atoms with Gasteiger partial charge in [0.05, 0.1) is 7.11 Å². The van der Waals surface area contributed by atoms with Gasteiger partial charge < -0.3 is 10.5 Å². The van der Waals surface area contributed by atoms with Gasteiger partial charge in [-0.25, -0.2) is 0 Å². The predicted molar refractivity (Wildman–Crippen MR) is 66.9 cm³/mol. The van der Waals surface area contributed by atoms with Gasteiger partial charge in [0.1, 0.15) is 5.75 Å². The van der Waals surface area contributed by atoms with Gasteiger partial charge in [0.2, 0.25) is 0 Å². The number of fused-ring (bicyclic) bond motifs is 1. The zero-order valence-corrected chi connectivity index (χ0v) is 10.3. The van der Waals surface area contributed by atoms with Crippen molar-refractivity contribution >= 4 is 0 Å². The van der Waals surface area contributed by atoms with E-state index in [4.69, 9.17) is 10.5 Å². The summed E-state index contributed by atoms with van der Waals surface area (Å²) in [5, 5.41) is 0. The van der Waals surface area contributed by atoms with Crippen LogP contribution in [0.1, 0.15) is 48.9 Å². The van der Waals surface area contributed by atoms with Crippen LogP contribution in [0.5, 0.6) is 5.75 Å². The van der Waals surface area contributed by atoms with Crippen LogP contribution in [0.4, 0.5) is 0 Å². The Hall–Kier alpha value is -1.02. The Morgan fingerprint density at radius 2 is 1.94 bits per heavy atom. The van der Waals surface area contributed by atoms with Gasteiger partial charge in [-0.15, -0.1) is 0 Å². The first kappa shape index (κ1) is 11.5. The van der Waals surface area contributed by atoms with Crippen molar-refractivity contribution in [1.82, 2.24) is 0 Å². The Labute approximate surface area is 97.8 Å². The maximum Gasteiger partial charge on any atom is 0.123 e. The number of hydrogen-bond donors (Lipinski definition) is 1. The molecular formula is C14H21NO.